The molecule has 1 unspecified atom stereocenters. The van der Waals surface area contributed by atoms with Gasteiger partial charge in [0.1, 0.15) is 0 Å². The highest BCUT2D eigenvalue weighted by atomic mass is 35.5. The monoisotopic (exact) mass is 397 g/mol. The Morgan fingerprint density at radius 1 is 1.04 bits per heavy atom. The molecular formula is C17H11ClF3N3O3. The van der Waals surface area contributed by atoms with Crippen LogP contribution in [0.15, 0.2) is 54.6 Å². The molecule has 3 rings (SSSR count). The largest absolute Gasteiger partial charge is 0.440 e. The molecule has 0 saturated carbocycles. The molecule has 6 nitrogen and oxygen atoms in total. The van der Waals surface area contributed by atoms with Gasteiger partial charge in [0.15, 0.2) is 0 Å². The topological polar surface area (TPSA) is 78.5 Å². The molecule has 1 aliphatic heterocycles. The quantitative estimate of drug-likeness (QED) is 0.781. The molecule has 0 radical (unpaired) electrons. The maximum atomic E-state index is 13.8. The Kier molecular flexibility index (Phi) is 4.56. The first-order valence-corrected chi connectivity index (χ1v) is 7.90. The van der Waals surface area contributed by atoms with Crippen LogP contribution in [0.2, 0.25) is 5.02 Å². The molecule has 4 amide bonds. The zero-order chi connectivity index (χ0) is 19.8. The molecule has 140 valence electrons. The van der Waals surface area contributed by atoms with Crippen LogP contribution in [0.4, 0.5) is 23.7 Å². The van der Waals surface area contributed by atoms with Gasteiger partial charge in [0.2, 0.25) is 0 Å². The SMILES string of the molecule is O=C(NC1(C(F)(F)F)NC(=O)N(c2ccccc2)C1=O)c1ccc(Cl)cc1. The number of hydrogen-bond acceptors (Lipinski definition) is 3. The second kappa shape index (κ2) is 6.58. The summed E-state index contributed by atoms with van der Waals surface area (Å²) in [4.78, 5) is 37.3. The third kappa shape index (κ3) is 3.21. The number of carbonyl (C=O) groups is 3. The van der Waals surface area contributed by atoms with Gasteiger partial charge in [0, 0.05) is 10.6 Å². The number of nitrogens with one attached hydrogen (secondary N) is 2. The summed E-state index contributed by atoms with van der Waals surface area (Å²) < 4.78 is 41.3. The summed E-state index contributed by atoms with van der Waals surface area (Å²) >= 11 is 5.69. The van der Waals surface area contributed by atoms with Crippen molar-refractivity contribution in [3.63, 3.8) is 0 Å². The number of urea groups is 1. The minimum absolute atomic E-state index is 0.0631. The second-order valence-electron chi connectivity index (χ2n) is 5.62. The van der Waals surface area contributed by atoms with E-state index < -0.39 is 29.7 Å². The smallest absolute Gasteiger partial charge is 0.314 e. The number of halogens is 4. The van der Waals surface area contributed by atoms with Crippen molar-refractivity contribution < 1.29 is 27.6 Å². The van der Waals surface area contributed by atoms with Crippen molar-refractivity contribution >= 4 is 35.1 Å². The lowest BCUT2D eigenvalue weighted by atomic mass is 10.1. The Morgan fingerprint density at radius 3 is 2.19 bits per heavy atom. The average molecular weight is 398 g/mol. The number of alkyl halides is 3. The van der Waals surface area contributed by atoms with E-state index in [1.807, 2.05) is 0 Å². The number of carbonyl (C=O) groups excluding carboxylic acids is 3. The third-order valence-electron chi connectivity index (χ3n) is 3.87. The lowest BCUT2D eigenvalue weighted by Gasteiger charge is -2.29. The van der Waals surface area contributed by atoms with Gasteiger partial charge in [0.25, 0.3) is 17.5 Å². The van der Waals surface area contributed by atoms with E-state index in [1.165, 1.54) is 48.5 Å². The molecule has 2 aromatic rings. The summed E-state index contributed by atoms with van der Waals surface area (Å²) in [7, 11) is 0. The van der Waals surface area contributed by atoms with E-state index in [9.17, 15) is 27.6 Å². The molecule has 1 saturated heterocycles. The molecule has 10 heteroatoms. The molecule has 27 heavy (non-hydrogen) atoms. The highest BCUT2D eigenvalue weighted by molar-refractivity contribution is 6.30. The Hall–Kier alpha value is -3.07. The van der Waals surface area contributed by atoms with Gasteiger partial charge in [0.05, 0.1) is 5.69 Å². The second-order valence-corrected chi connectivity index (χ2v) is 6.05. The number of anilines is 1. The predicted molar refractivity (Wildman–Crippen MR) is 90.2 cm³/mol. The molecular weight excluding hydrogens is 387 g/mol. The predicted octanol–water partition coefficient (Wildman–Crippen LogP) is 3.08. The summed E-state index contributed by atoms with van der Waals surface area (Å²) in [5, 5.41) is 3.47. The van der Waals surface area contributed by atoms with Crippen LogP contribution in [0.3, 0.4) is 0 Å². The molecule has 1 heterocycles. The van der Waals surface area contributed by atoms with Crippen molar-refractivity contribution in [3.8, 4) is 0 Å². The van der Waals surface area contributed by atoms with Crippen molar-refractivity contribution in [1.82, 2.24) is 10.6 Å². The van der Waals surface area contributed by atoms with Crippen molar-refractivity contribution in [2.75, 3.05) is 4.90 Å². The molecule has 0 bridgehead atoms. The van der Waals surface area contributed by atoms with Crippen molar-refractivity contribution in [3.05, 3.63) is 65.2 Å². The number of nitrogens with zero attached hydrogens (tertiary/aromatic N) is 1. The molecule has 0 aromatic heterocycles. The normalized spacial score (nSPS) is 19.8. The lowest BCUT2D eigenvalue weighted by molar-refractivity contribution is -0.197. The van der Waals surface area contributed by atoms with E-state index in [0.717, 1.165) is 0 Å². The minimum Gasteiger partial charge on any atom is -0.314 e. The molecule has 1 atom stereocenters. The van der Waals surface area contributed by atoms with Crippen LogP contribution in [-0.2, 0) is 4.79 Å². The van der Waals surface area contributed by atoms with Gasteiger partial charge < -0.3 is 5.32 Å². The molecule has 0 spiro atoms. The van der Waals surface area contributed by atoms with E-state index in [-0.39, 0.29) is 16.3 Å². The Bertz CT molecular complexity index is 903. The molecule has 2 aromatic carbocycles. The van der Waals surface area contributed by atoms with Gasteiger partial charge in [-0.2, -0.15) is 13.2 Å². The first-order chi connectivity index (χ1) is 12.7. The molecule has 1 aliphatic rings. The van der Waals surface area contributed by atoms with E-state index >= 15 is 0 Å². The first kappa shape index (κ1) is 18.7. The number of amides is 4. The Labute approximate surface area is 155 Å². The number of benzene rings is 2. The zero-order valence-corrected chi connectivity index (χ0v) is 14.1. The summed E-state index contributed by atoms with van der Waals surface area (Å²) in [5.41, 5.74) is -3.81. The van der Waals surface area contributed by atoms with Crippen LogP contribution in [0.1, 0.15) is 10.4 Å². The van der Waals surface area contributed by atoms with E-state index in [2.05, 4.69) is 0 Å². The van der Waals surface area contributed by atoms with Gasteiger partial charge in [-0.25, -0.2) is 9.69 Å². The van der Waals surface area contributed by atoms with E-state index in [4.69, 9.17) is 11.6 Å². The number of imide groups is 1. The average Bonchev–Trinajstić information content (AvgIpc) is 2.87. The third-order valence-corrected chi connectivity index (χ3v) is 4.12. The van der Waals surface area contributed by atoms with Crippen molar-refractivity contribution in [2.24, 2.45) is 0 Å². The summed E-state index contributed by atoms with van der Waals surface area (Å²) in [6.45, 7) is 0. The van der Waals surface area contributed by atoms with Gasteiger partial charge in [-0.3, -0.25) is 14.9 Å². The first-order valence-electron chi connectivity index (χ1n) is 7.52. The van der Waals surface area contributed by atoms with Crippen LogP contribution in [0, 0.1) is 0 Å². The standard InChI is InChI=1S/C17H11ClF3N3O3/c18-11-8-6-10(7-9-11)13(25)22-16(17(19,20)21)14(26)24(15(27)23-16)12-4-2-1-3-5-12/h1-9H,(H,22,25)(H,23,27). The number of rotatable bonds is 3. The van der Waals surface area contributed by atoms with Crippen LogP contribution in [0.25, 0.3) is 0 Å². The fraction of sp³-hybridized carbons (Fsp3) is 0.118. The number of hydrogen-bond donors (Lipinski definition) is 2. The zero-order valence-electron chi connectivity index (χ0n) is 13.4. The van der Waals surface area contributed by atoms with Crippen LogP contribution in [0.5, 0.6) is 0 Å². The number of para-hydroxylation sites is 1. The summed E-state index contributed by atoms with van der Waals surface area (Å²) in [5.74, 6) is -2.86. The van der Waals surface area contributed by atoms with Crippen LogP contribution >= 0.6 is 11.6 Å². The summed E-state index contributed by atoms with van der Waals surface area (Å²) in [6, 6.07) is 10.8. The molecule has 1 fully saturated rings. The maximum Gasteiger partial charge on any atom is 0.440 e. The van der Waals surface area contributed by atoms with Crippen LogP contribution < -0.4 is 15.5 Å². The highest BCUT2D eigenvalue weighted by Gasteiger charge is 2.69. The van der Waals surface area contributed by atoms with E-state index in [0.29, 0.717) is 4.90 Å². The highest BCUT2D eigenvalue weighted by Crippen LogP contribution is 2.36. The Morgan fingerprint density at radius 2 is 1.63 bits per heavy atom. The van der Waals surface area contributed by atoms with E-state index in [1.54, 1.807) is 16.7 Å². The van der Waals surface area contributed by atoms with Crippen molar-refractivity contribution in [2.45, 2.75) is 11.8 Å². The van der Waals surface area contributed by atoms with Gasteiger partial charge >= 0.3 is 12.2 Å². The maximum absolute atomic E-state index is 13.8. The van der Waals surface area contributed by atoms with Crippen LogP contribution in [-0.4, -0.2) is 29.7 Å². The molecule has 0 aliphatic carbocycles. The lowest BCUT2D eigenvalue weighted by Crippen LogP contribution is -2.69. The Balaban J connectivity index is 1.99. The summed E-state index contributed by atoms with van der Waals surface area (Å²) in [6.07, 6.45) is -5.29. The van der Waals surface area contributed by atoms with Gasteiger partial charge in [-0.05, 0) is 36.4 Å². The molecule has 2 N–H and O–H groups in total. The van der Waals surface area contributed by atoms with Gasteiger partial charge in [-0.15, -0.1) is 0 Å². The minimum atomic E-state index is -5.29. The van der Waals surface area contributed by atoms with Gasteiger partial charge in [-0.1, -0.05) is 29.8 Å². The fourth-order valence-electron chi connectivity index (χ4n) is 2.53. The van der Waals surface area contributed by atoms with Crippen molar-refractivity contribution in [1.29, 1.82) is 0 Å². The fourth-order valence-corrected chi connectivity index (χ4v) is 2.66.